The molecule has 0 aromatic heterocycles. The number of hydrogen-bond acceptors (Lipinski definition) is 6. The molecule has 9 heteroatoms. The van der Waals surface area contributed by atoms with Crippen LogP contribution >= 0.6 is 11.8 Å². The number of nitriles is 1. The van der Waals surface area contributed by atoms with Crippen LogP contribution in [0.3, 0.4) is 0 Å². The maximum atomic E-state index is 12.2. The van der Waals surface area contributed by atoms with Gasteiger partial charge in [-0.25, -0.2) is 13.4 Å². The van der Waals surface area contributed by atoms with E-state index in [0.29, 0.717) is 12.3 Å². The fraction of sp³-hybridized carbons (Fsp3) is 0.786. The van der Waals surface area contributed by atoms with Gasteiger partial charge in [-0.05, 0) is 18.6 Å². The number of sulfonamides is 1. The van der Waals surface area contributed by atoms with Crippen LogP contribution in [0.5, 0.6) is 0 Å². The molecule has 1 atom stereocenters. The van der Waals surface area contributed by atoms with Gasteiger partial charge in [0.05, 0.1) is 12.3 Å². The van der Waals surface area contributed by atoms with Crippen molar-refractivity contribution >= 4 is 32.9 Å². The molecule has 0 bridgehead atoms. The first kappa shape index (κ1) is 19.8. The average molecular weight is 361 g/mol. The molecule has 0 saturated heterocycles. The molecule has 1 amide bonds. The SMILES string of the molecule is CSC(=NC(CC1CCCCC1)C(=O)NCC#N)NS(C)(=O)=O. The first-order valence-corrected chi connectivity index (χ1v) is 10.7. The zero-order valence-electron chi connectivity index (χ0n) is 13.5. The molecule has 1 aliphatic carbocycles. The van der Waals surface area contributed by atoms with Crippen LogP contribution in [0.25, 0.3) is 0 Å². The molecular formula is C14H24N4O3S2. The first-order chi connectivity index (χ1) is 10.9. The highest BCUT2D eigenvalue weighted by molar-refractivity contribution is 8.14. The van der Waals surface area contributed by atoms with Crippen LogP contribution in [0, 0.1) is 17.2 Å². The highest BCUT2D eigenvalue weighted by Gasteiger charge is 2.24. The van der Waals surface area contributed by atoms with E-state index >= 15 is 0 Å². The molecule has 1 fully saturated rings. The summed E-state index contributed by atoms with van der Waals surface area (Å²) in [4.78, 5) is 16.5. The van der Waals surface area contributed by atoms with E-state index in [-0.39, 0.29) is 17.6 Å². The number of carbonyl (C=O) groups excluding carboxylic acids is 1. The van der Waals surface area contributed by atoms with Crippen molar-refractivity contribution in [3.63, 3.8) is 0 Å². The number of carbonyl (C=O) groups is 1. The summed E-state index contributed by atoms with van der Waals surface area (Å²) in [5.41, 5.74) is 0. The number of amides is 1. The highest BCUT2D eigenvalue weighted by Crippen LogP contribution is 2.28. The van der Waals surface area contributed by atoms with E-state index in [1.165, 1.54) is 6.42 Å². The number of thioether (sulfide) groups is 1. The Morgan fingerprint density at radius 1 is 1.39 bits per heavy atom. The number of amidine groups is 1. The lowest BCUT2D eigenvalue weighted by Crippen LogP contribution is -2.37. The van der Waals surface area contributed by atoms with Crippen molar-refractivity contribution in [3.8, 4) is 6.07 Å². The van der Waals surface area contributed by atoms with Gasteiger partial charge in [-0.2, -0.15) is 5.26 Å². The van der Waals surface area contributed by atoms with Crippen LogP contribution in [0.1, 0.15) is 38.5 Å². The third kappa shape index (κ3) is 8.23. The Kier molecular flexibility index (Phi) is 8.41. The molecule has 2 N–H and O–H groups in total. The molecule has 0 aliphatic heterocycles. The van der Waals surface area contributed by atoms with Gasteiger partial charge in [0.1, 0.15) is 12.6 Å². The lowest BCUT2D eigenvalue weighted by Gasteiger charge is -2.24. The summed E-state index contributed by atoms with van der Waals surface area (Å²) in [6.07, 6.45) is 8.96. The predicted octanol–water partition coefficient (Wildman–Crippen LogP) is 1.23. The minimum atomic E-state index is -3.44. The third-order valence-corrected chi connectivity index (χ3v) is 4.95. The first-order valence-electron chi connectivity index (χ1n) is 7.60. The predicted molar refractivity (Wildman–Crippen MR) is 92.5 cm³/mol. The van der Waals surface area contributed by atoms with Crippen molar-refractivity contribution in [2.24, 2.45) is 10.9 Å². The van der Waals surface area contributed by atoms with Crippen LogP contribution in [0.4, 0.5) is 0 Å². The van der Waals surface area contributed by atoms with E-state index in [9.17, 15) is 13.2 Å². The average Bonchev–Trinajstić information content (AvgIpc) is 2.50. The molecule has 1 aliphatic rings. The smallest absolute Gasteiger partial charge is 0.245 e. The highest BCUT2D eigenvalue weighted by atomic mass is 32.2. The number of nitrogens with one attached hydrogen (secondary N) is 2. The zero-order chi connectivity index (χ0) is 17.3. The van der Waals surface area contributed by atoms with E-state index in [4.69, 9.17) is 5.26 Å². The third-order valence-electron chi connectivity index (χ3n) is 3.66. The summed E-state index contributed by atoms with van der Waals surface area (Å²) in [6, 6.07) is 1.19. The number of rotatable bonds is 6. The fourth-order valence-electron chi connectivity index (χ4n) is 2.62. The Labute approximate surface area is 142 Å². The van der Waals surface area contributed by atoms with Gasteiger partial charge in [-0.3, -0.25) is 9.52 Å². The number of hydrogen-bond donors (Lipinski definition) is 2. The summed E-state index contributed by atoms with van der Waals surface area (Å²) < 4.78 is 25.1. The van der Waals surface area contributed by atoms with E-state index < -0.39 is 16.1 Å². The standard InChI is InChI=1S/C14H24N4O3S2/c1-22-14(18-23(2,20)21)17-12(13(19)16-9-8-15)10-11-6-4-3-5-7-11/h11-12H,3-7,9-10H2,1-2H3,(H,16,19)(H,17,18). The molecule has 0 aromatic carbocycles. The van der Waals surface area contributed by atoms with Gasteiger partial charge >= 0.3 is 0 Å². The Bertz CT molecular complexity index is 563. The Hall–Kier alpha value is -1.27. The molecular weight excluding hydrogens is 336 g/mol. The molecule has 0 spiro atoms. The van der Waals surface area contributed by atoms with Crippen molar-refractivity contribution in [3.05, 3.63) is 0 Å². The second-order valence-electron chi connectivity index (χ2n) is 5.64. The monoisotopic (exact) mass is 360 g/mol. The Balaban J connectivity index is 2.87. The lowest BCUT2D eigenvalue weighted by atomic mass is 9.85. The topological polar surface area (TPSA) is 111 Å². The second-order valence-corrected chi connectivity index (χ2v) is 8.19. The quantitative estimate of drug-likeness (QED) is 0.420. The van der Waals surface area contributed by atoms with Crippen molar-refractivity contribution in [2.45, 2.75) is 44.6 Å². The largest absolute Gasteiger partial charge is 0.341 e. The Morgan fingerprint density at radius 3 is 2.57 bits per heavy atom. The van der Waals surface area contributed by atoms with E-state index in [1.54, 1.807) is 6.26 Å². The fourth-order valence-corrected chi connectivity index (χ4v) is 4.01. The molecule has 7 nitrogen and oxygen atoms in total. The van der Waals surface area contributed by atoms with E-state index in [2.05, 4.69) is 15.0 Å². The minimum Gasteiger partial charge on any atom is -0.341 e. The van der Waals surface area contributed by atoms with Crippen molar-refractivity contribution in [1.29, 1.82) is 5.26 Å². The minimum absolute atomic E-state index is 0.0797. The maximum Gasteiger partial charge on any atom is 0.245 e. The van der Waals surface area contributed by atoms with Crippen LogP contribution < -0.4 is 10.0 Å². The van der Waals surface area contributed by atoms with Crippen molar-refractivity contribution < 1.29 is 13.2 Å². The van der Waals surface area contributed by atoms with Crippen molar-refractivity contribution in [1.82, 2.24) is 10.0 Å². The van der Waals surface area contributed by atoms with Crippen molar-refractivity contribution in [2.75, 3.05) is 19.1 Å². The van der Waals surface area contributed by atoms with E-state index in [1.807, 2.05) is 6.07 Å². The maximum absolute atomic E-state index is 12.2. The summed E-state index contributed by atoms with van der Waals surface area (Å²) in [5.74, 6) is 0.0747. The van der Waals surface area contributed by atoms with Gasteiger partial charge in [0.25, 0.3) is 0 Å². The van der Waals surface area contributed by atoms with Crippen LogP contribution in [-0.2, 0) is 14.8 Å². The second kappa shape index (κ2) is 9.78. The van der Waals surface area contributed by atoms with Gasteiger partial charge in [-0.15, -0.1) is 0 Å². The van der Waals surface area contributed by atoms with Gasteiger partial charge < -0.3 is 5.32 Å². The Morgan fingerprint density at radius 2 is 2.04 bits per heavy atom. The number of nitrogens with zero attached hydrogens (tertiary/aromatic N) is 2. The summed E-state index contributed by atoms with van der Waals surface area (Å²) >= 11 is 1.14. The summed E-state index contributed by atoms with van der Waals surface area (Å²) in [6.45, 7) is -0.0797. The number of aliphatic imine (C=N–C) groups is 1. The molecule has 0 heterocycles. The van der Waals surface area contributed by atoms with Gasteiger partial charge in [0.15, 0.2) is 5.17 Å². The van der Waals surface area contributed by atoms with Crippen LogP contribution in [-0.4, -0.2) is 44.6 Å². The van der Waals surface area contributed by atoms with Crippen LogP contribution in [0.15, 0.2) is 4.99 Å². The summed E-state index contributed by atoms with van der Waals surface area (Å²) in [7, 11) is -3.44. The molecule has 1 rings (SSSR count). The lowest BCUT2D eigenvalue weighted by molar-refractivity contribution is -0.122. The van der Waals surface area contributed by atoms with Gasteiger partial charge in [0.2, 0.25) is 15.9 Å². The normalized spacial score (nSPS) is 18.0. The molecule has 0 aromatic rings. The van der Waals surface area contributed by atoms with E-state index in [0.717, 1.165) is 43.7 Å². The van der Waals surface area contributed by atoms with Crippen LogP contribution in [0.2, 0.25) is 0 Å². The molecule has 0 radical (unpaired) electrons. The molecule has 130 valence electrons. The summed E-state index contributed by atoms with van der Waals surface area (Å²) in [5, 5.41) is 11.3. The zero-order valence-corrected chi connectivity index (χ0v) is 15.2. The molecule has 1 saturated carbocycles. The molecule has 23 heavy (non-hydrogen) atoms. The molecule has 1 unspecified atom stereocenters. The van der Waals surface area contributed by atoms with Gasteiger partial charge in [0, 0.05) is 0 Å². The van der Waals surface area contributed by atoms with Gasteiger partial charge in [-0.1, -0.05) is 43.9 Å².